The Hall–Kier alpha value is -2.98. The number of nitrogens with zero attached hydrogens (tertiary/aromatic N) is 3. The molecule has 0 saturated heterocycles. The minimum absolute atomic E-state index is 0.182. The average Bonchev–Trinajstić information content (AvgIpc) is 3.04. The Morgan fingerprint density at radius 2 is 1.88 bits per heavy atom. The summed E-state index contributed by atoms with van der Waals surface area (Å²) in [5.74, 6) is 0.271. The molecule has 0 saturated carbocycles. The van der Waals surface area contributed by atoms with E-state index in [9.17, 15) is 9.18 Å². The molecule has 1 atom stereocenters. The second-order valence-corrected chi connectivity index (χ2v) is 9.95. The van der Waals surface area contributed by atoms with Crippen molar-refractivity contribution >= 4 is 27.4 Å². The summed E-state index contributed by atoms with van der Waals surface area (Å²) < 4.78 is 21.5. The van der Waals surface area contributed by atoms with E-state index < -0.39 is 5.54 Å². The van der Waals surface area contributed by atoms with Crippen LogP contribution in [0.5, 0.6) is 5.75 Å². The Balaban J connectivity index is 1.70. The van der Waals surface area contributed by atoms with Crippen LogP contribution in [0.3, 0.4) is 0 Å². The Bertz CT molecular complexity index is 1290. The van der Waals surface area contributed by atoms with Gasteiger partial charge in [-0.05, 0) is 0 Å². The number of carbonyl (C=O) groups is 1. The molecule has 0 aliphatic carbocycles. The monoisotopic (exact) mass is 503 g/mol. The van der Waals surface area contributed by atoms with Crippen LogP contribution in [-0.2, 0) is 16.8 Å². The fourth-order valence-electron chi connectivity index (χ4n) is 4.53. The number of aryl methyl sites for hydroxylation is 1. The van der Waals surface area contributed by atoms with E-state index >= 15 is 0 Å². The van der Waals surface area contributed by atoms with E-state index in [0.717, 1.165) is 29.7 Å². The zero-order chi connectivity index (χ0) is 23.4. The zero-order valence-electron chi connectivity index (χ0n) is 18.7. The third-order valence-electron chi connectivity index (χ3n) is 6.40. The number of hydrogen-bond donors (Lipinski definition) is 0. The molecule has 33 heavy (non-hydrogen) atoms. The van der Waals surface area contributed by atoms with Crippen LogP contribution in [0.15, 0.2) is 65.9 Å². The van der Waals surface area contributed by atoms with Gasteiger partial charge in [0.1, 0.15) is 0 Å². The number of rotatable bonds is 3. The predicted octanol–water partition coefficient (Wildman–Crippen LogP) is 4.23. The summed E-state index contributed by atoms with van der Waals surface area (Å²) in [6, 6.07) is 14.2. The van der Waals surface area contributed by atoms with Crippen LogP contribution in [0, 0.1) is 5.82 Å². The topological polar surface area (TPSA) is 54.8 Å². The maximum absolute atomic E-state index is 14.8. The molecule has 5 rings (SSSR count). The van der Waals surface area contributed by atoms with Gasteiger partial charge in [0.05, 0.1) is 0 Å². The second kappa shape index (κ2) is 7.81. The van der Waals surface area contributed by atoms with Crippen LogP contribution in [-0.4, -0.2) is 49.9 Å². The summed E-state index contributed by atoms with van der Waals surface area (Å²) in [6.45, 7) is 4.15. The maximum atomic E-state index is 14.8. The van der Waals surface area contributed by atoms with Gasteiger partial charge in [0.2, 0.25) is 0 Å². The third kappa shape index (κ3) is 3.57. The van der Waals surface area contributed by atoms with Crippen molar-refractivity contribution in [3.63, 3.8) is 0 Å². The fraction of sp³-hybridized carbons (Fsp3) is 0.269. The molecule has 5 nitrogen and oxygen atoms in total. The number of ether oxygens (including phenoxy) is 1. The van der Waals surface area contributed by atoms with Gasteiger partial charge in [-0.1, -0.05) is 0 Å². The van der Waals surface area contributed by atoms with Crippen LogP contribution < -0.4 is 4.74 Å². The van der Waals surface area contributed by atoms with Crippen molar-refractivity contribution in [1.29, 1.82) is 0 Å². The predicted molar refractivity (Wildman–Crippen MR) is 126 cm³/mol. The van der Waals surface area contributed by atoms with Gasteiger partial charge in [-0.15, -0.1) is 0 Å². The number of amides is 1. The Kier molecular flexibility index (Phi) is 5.17. The average molecular weight is 503 g/mol. The van der Waals surface area contributed by atoms with E-state index in [-0.39, 0.29) is 17.3 Å². The van der Waals surface area contributed by atoms with Crippen LogP contribution in [0.1, 0.15) is 37.0 Å². The van der Waals surface area contributed by atoms with Crippen molar-refractivity contribution in [2.45, 2.75) is 37.8 Å². The summed E-state index contributed by atoms with van der Waals surface area (Å²) in [5, 5.41) is 0. The van der Waals surface area contributed by atoms with Gasteiger partial charge in [-0.25, -0.2) is 0 Å². The number of aliphatic imine (C=N–C) groups is 1. The van der Waals surface area contributed by atoms with Gasteiger partial charge in [0.25, 0.3) is 0 Å². The Morgan fingerprint density at radius 3 is 2.58 bits per heavy atom. The summed E-state index contributed by atoms with van der Waals surface area (Å²) in [6.07, 6.45) is 4.98. The molecule has 2 aromatic carbocycles. The van der Waals surface area contributed by atoms with Crippen molar-refractivity contribution in [1.82, 2.24) is 9.88 Å². The number of aromatic nitrogens is 1. The van der Waals surface area contributed by atoms with Gasteiger partial charge in [0.15, 0.2) is 0 Å². The molecule has 1 unspecified atom stereocenters. The summed E-state index contributed by atoms with van der Waals surface area (Å²) >= 11 is 2.35. The quantitative estimate of drug-likeness (QED) is 0.503. The molecular formula is C26H23AsFN3O2. The second-order valence-electron chi connectivity index (χ2n) is 9.11. The van der Waals surface area contributed by atoms with Gasteiger partial charge < -0.3 is 0 Å². The van der Waals surface area contributed by atoms with E-state index in [0.29, 0.717) is 21.3 Å². The first kappa shape index (κ1) is 21.8. The summed E-state index contributed by atoms with van der Waals surface area (Å²) in [4.78, 5) is 24.2. The number of hydrogen-bond acceptors (Lipinski definition) is 4. The first-order valence-electron chi connectivity index (χ1n) is 10.8. The molecule has 3 heterocycles. The number of halogens is 1. The Labute approximate surface area is 201 Å². The summed E-state index contributed by atoms with van der Waals surface area (Å²) in [7, 11) is 1.71. The molecule has 166 valence electrons. The molecule has 7 heteroatoms. The first-order chi connectivity index (χ1) is 15.7. The number of amidine groups is 1. The van der Waals surface area contributed by atoms with Crippen LogP contribution in [0.2, 0.25) is 0 Å². The number of benzene rings is 2. The molecule has 2 aliphatic rings. The molecule has 2 aliphatic heterocycles. The van der Waals surface area contributed by atoms with Crippen molar-refractivity contribution in [2.75, 3.05) is 7.05 Å². The van der Waals surface area contributed by atoms with Crippen molar-refractivity contribution in [2.24, 2.45) is 4.99 Å². The molecule has 1 amide bonds. The molecule has 1 aromatic heterocycles. The molecule has 0 N–H and O–H groups in total. The number of pyridine rings is 1. The minimum atomic E-state index is -1.30. The van der Waals surface area contributed by atoms with E-state index in [1.165, 1.54) is 11.0 Å². The molecule has 0 spiro atoms. The van der Waals surface area contributed by atoms with Gasteiger partial charge in [-0.2, -0.15) is 0 Å². The zero-order valence-corrected chi connectivity index (χ0v) is 20.5. The number of likely N-dealkylation sites (N-methyl/N-ethyl adjacent to an activating group) is 1. The van der Waals surface area contributed by atoms with E-state index in [4.69, 9.17) is 9.73 Å². The molecule has 0 bridgehead atoms. The van der Waals surface area contributed by atoms with E-state index in [2.05, 4.69) is 35.7 Å². The fourth-order valence-corrected chi connectivity index (χ4v) is 5.03. The van der Waals surface area contributed by atoms with Gasteiger partial charge in [-0.3, -0.25) is 0 Å². The van der Waals surface area contributed by atoms with Crippen LogP contribution in [0.4, 0.5) is 4.39 Å². The van der Waals surface area contributed by atoms with Crippen LogP contribution >= 0.6 is 0 Å². The summed E-state index contributed by atoms with van der Waals surface area (Å²) in [5.41, 5.74) is 1.90. The van der Waals surface area contributed by atoms with Crippen molar-refractivity contribution in [3.8, 4) is 16.9 Å². The van der Waals surface area contributed by atoms with Crippen molar-refractivity contribution < 1.29 is 13.9 Å². The number of fused-ring (bicyclic) bond motifs is 1. The SMILES string of the molecule is CN1C(=O)C(c2ccc3c(c2)CCC(C)(C)O3)(c2ccc(F)c(-c3cccnc3)c2)N=C1[As]. The molecular weight excluding hydrogens is 480 g/mol. The first-order valence-corrected chi connectivity index (χ1v) is 11.7. The van der Waals surface area contributed by atoms with Crippen LogP contribution in [0.25, 0.3) is 11.1 Å². The van der Waals surface area contributed by atoms with Crippen molar-refractivity contribution in [3.05, 3.63) is 83.4 Å². The molecule has 3 aromatic rings. The van der Waals surface area contributed by atoms with Gasteiger partial charge in [0, 0.05) is 0 Å². The number of carbonyl (C=O) groups excluding carboxylic acids is 1. The van der Waals surface area contributed by atoms with Gasteiger partial charge >= 0.3 is 201 Å². The van der Waals surface area contributed by atoms with E-state index in [1.54, 1.807) is 43.7 Å². The van der Waals surface area contributed by atoms with E-state index in [1.807, 2.05) is 18.2 Å². The normalized spacial score (nSPS) is 21.4. The molecule has 0 fully saturated rings. The standard InChI is InChI=1S/C26H23AsFN3O2/c1-25(2)11-10-16-13-18(7-9-22(16)33-25)26(23(32)31(3)24(27)30-26)19-6-8-21(28)20(14-19)17-5-4-12-29-15-17/h4-9,12-15H,10-11H2,1-3H3. The Morgan fingerprint density at radius 1 is 1.12 bits per heavy atom. The molecule has 2 radical (unpaired) electrons. The third-order valence-corrected chi connectivity index (χ3v) is 7.24.